The fraction of sp³-hybridized carbons (Fsp3) is 0. The van der Waals surface area contributed by atoms with Crippen LogP contribution in [-0.2, 0) is 0 Å². The summed E-state index contributed by atoms with van der Waals surface area (Å²) in [6, 6.07) is 8.67. The van der Waals surface area contributed by atoms with Crippen molar-refractivity contribution in [2.24, 2.45) is 0 Å². The zero-order valence-corrected chi connectivity index (χ0v) is 9.56. The normalized spacial score (nSPS) is 11.6. The summed E-state index contributed by atoms with van der Waals surface area (Å²) in [5.74, 6) is 0. The smallest absolute Gasteiger partial charge is 0.345 e. The molecule has 4 aromatic rings. The predicted octanol–water partition coefficient (Wildman–Crippen LogP) is 1.51. The Morgan fingerprint density at radius 3 is 2.74 bits per heavy atom. The van der Waals surface area contributed by atoms with Gasteiger partial charge >= 0.3 is 5.63 Å². The quantitative estimate of drug-likeness (QED) is 0.367. The topological polar surface area (TPSA) is 91.8 Å². The molecule has 3 heterocycles. The van der Waals surface area contributed by atoms with E-state index < -0.39 is 5.63 Å². The van der Waals surface area contributed by atoms with Crippen molar-refractivity contribution < 1.29 is 4.42 Å². The van der Waals surface area contributed by atoms with Gasteiger partial charge in [0.05, 0.1) is 16.3 Å². The minimum absolute atomic E-state index is 0.302. The minimum atomic E-state index is -0.497. The molecule has 6 heteroatoms. The molecule has 2 N–H and O–H groups in total. The van der Waals surface area contributed by atoms with Gasteiger partial charge in [-0.3, -0.25) is 15.0 Å². The van der Waals surface area contributed by atoms with E-state index in [0.29, 0.717) is 27.5 Å². The predicted molar refractivity (Wildman–Crippen MR) is 70.3 cm³/mol. The van der Waals surface area contributed by atoms with Crippen molar-refractivity contribution >= 4 is 32.9 Å². The van der Waals surface area contributed by atoms with E-state index in [2.05, 4.69) is 15.2 Å². The van der Waals surface area contributed by atoms with Crippen LogP contribution in [-0.4, -0.2) is 15.2 Å². The Morgan fingerprint density at radius 1 is 1.00 bits per heavy atom. The van der Waals surface area contributed by atoms with Crippen LogP contribution in [0.25, 0.3) is 32.9 Å². The summed E-state index contributed by atoms with van der Waals surface area (Å²) >= 11 is 0. The minimum Gasteiger partial charge on any atom is -0.422 e. The first-order valence-electron chi connectivity index (χ1n) is 5.67. The molecule has 0 bridgehead atoms. The Hall–Kier alpha value is -2.89. The third kappa shape index (κ3) is 1.28. The third-order valence-corrected chi connectivity index (χ3v) is 3.13. The number of benzene rings is 1. The van der Waals surface area contributed by atoms with Gasteiger partial charge in [0.2, 0.25) is 0 Å². The van der Waals surface area contributed by atoms with Gasteiger partial charge in [0.25, 0.3) is 5.56 Å². The lowest BCUT2D eigenvalue weighted by molar-refractivity contribution is 0.569. The standard InChI is InChI=1S/C13H7N3O3/c17-12-8-5-7-10(14-11(8)15-16-12)6-3-1-2-4-9(6)19-13(7)18/h1-5H,(H2,14,15,16,17). The van der Waals surface area contributed by atoms with Crippen molar-refractivity contribution in [2.45, 2.75) is 0 Å². The number of hydrogen-bond donors (Lipinski definition) is 2. The molecule has 0 aliphatic carbocycles. The van der Waals surface area contributed by atoms with E-state index in [1.54, 1.807) is 12.1 Å². The second-order valence-electron chi connectivity index (χ2n) is 4.25. The molecule has 0 aliphatic heterocycles. The van der Waals surface area contributed by atoms with E-state index in [4.69, 9.17) is 4.42 Å². The Balaban J connectivity index is 2.38. The van der Waals surface area contributed by atoms with Crippen molar-refractivity contribution in [1.29, 1.82) is 0 Å². The summed E-state index contributed by atoms with van der Waals surface area (Å²) in [6.45, 7) is 0. The van der Waals surface area contributed by atoms with Crippen molar-refractivity contribution in [3.63, 3.8) is 0 Å². The van der Waals surface area contributed by atoms with Crippen molar-refractivity contribution in [1.82, 2.24) is 15.2 Å². The molecular weight excluding hydrogens is 246 g/mol. The molecule has 0 amide bonds. The van der Waals surface area contributed by atoms with E-state index in [1.165, 1.54) is 6.07 Å². The van der Waals surface area contributed by atoms with Gasteiger partial charge in [0, 0.05) is 5.39 Å². The lowest BCUT2D eigenvalue weighted by Gasteiger charge is -2.00. The lowest BCUT2D eigenvalue weighted by Crippen LogP contribution is -2.03. The average molecular weight is 253 g/mol. The number of nitrogens with one attached hydrogen (secondary N) is 2. The number of hydrogen-bond acceptors (Lipinski definition) is 4. The molecule has 0 aliphatic rings. The number of H-pyrrole nitrogens is 2. The molecule has 0 saturated carbocycles. The maximum Gasteiger partial charge on any atom is 0.345 e. The first-order valence-corrected chi connectivity index (χ1v) is 5.67. The molecule has 92 valence electrons. The lowest BCUT2D eigenvalue weighted by atomic mass is 10.1. The van der Waals surface area contributed by atoms with Crippen LogP contribution in [0.1, 0.15) is 0 Å². The van der Waals surface area contributed by atoms with Crippen LogP contribution in [0, 0.1) is 0 Å². The molecular formula is C13H7N3O3. The van der Waals surface area contributed by atoms with E-state index >= 15 is 0 Å². The highest BCUT2D eigenvalue weighted by Gasteiger charge is 2.11. The number of rotatable bonds is 0. The highest BCUT2D eigenvalue weighted by atomic mass is 16.4. The average Bonchev–Trinajstić information content (AvgIpc) is 2.79. The maximum absolute atomic E-state index is 11.9. The first-order chi connectivity index (χ1) is 9.24. The monoisotopic (exact) mass is 253 g/mol. The molecule has 0 unspecified atom stereocenters. The van der Waals surface area contributed by atoms with Crippen LogP contribution in [0.5, 0.6) is 0 Å². The highest BCUT2D eigenvalue weighted by Crippen LogP contribution is 2.22. The van der Waals surface area contributed by atoms with Gasteiger partial charge in [-0.05, 0) is 18.2 Å². The molecule has 6 nitrogen and oxygen atoms in total. The number of nitrogens with zero attached hydrogens (tertiary/aromatic N) is 1. The van der Waals surface area contributed by atoms with Crippen molar-refractivity contribution in [3.8, 4) is 0 Å². The number of para-hydroxylation sites is 1. The zero-order valence-electron chi connectivity index (χ0n) is 9.56. The van der Waals surface area contributed by atoms with Crippen molar-refractivity contribution in [3.05, 3.63) is 51.1 Å². The fourth-order valence-corrected chi connectivity index (χ4v) is 2.23. The molecule has 0 spiro atoms. The van der Waals surface area contributed by atoms with E-state index in [1.807, 2.05) is 12.1 Å². The molecule has 0 atom stereocenters. The van der Waals surface area contributed by atoms with Gasteiger partial charge in [-0.2, -0.15) is 0 Å². The van der Waals surface area contributed by atoms with Gasteiger partial charge in [-0.1, -0.05) is 12.1 Å². The van der Waals surface area contributed by atoms with E-state index in [0.717, 1.165) is 5.39 Å². The van der Waals surface area contributed by atoms with Crippen molar-refractivity contribution in [2.75, 3.05) is 0 Å². The van der Waals surface area contributed by atoms with Gasteiger partial charge in [0.15, 0.2) is 5.65 Å². The van der Waals surface area contributed by atoms with E-state index in [-0.39, 0.29) is 5.56 Å². The Kier molecular flexibility index (Phi) is 1.76. The third-order valence-electron chi connectivity index (χ3n) is 3.13. The Labute approximate surface area is 104 Å². The van der Waals surface area contributed by atoms with Gasteiger partial charge in [-0.25, -0.2) is 9.78 Å². The Bertz CT molecular complexity index is 1060. The van der Waals surface area contributed by atoms with Crippen LogP contribution >= 0.6 is 0 Å². The summed E-state index contributed by atoms with van der Waals surface area (Å²) in [4.78, 5) is 27.8. The van der Waals surface area contributed by atoms with Gasteiger partial charge in [-0.15, -0.1) is 0 Å². The summed E-state index contributed by atoms with van der Waals surface area (Å²) in [6.07, 6.45) is 0. The van der Waals surface area contributed by atoms with Crippen LogP contribution in [0.2, 0.25) is 0 Å². The highest BCUT2D eigenvalue weighted by molar-refractivity contribution is 6.04. The largest absolute Gasteiger partial charge is 0.422 e. The van der Waals surface area contributed by atoms with E-state index in [9.17, 15) is 9.59 Å². The molecule has 0 radical (unpaired) electrons. The molecule has 1 aromatic carbocycles. The number of aromatic amines is 2. The Morgan fingerprint density at radius 2 is 1.84 bits per heavy atom. The molecule has 0 fully saturated rings. The zero-order chi connectivity index (χ0) is 13.0. The van der Waals surface area contributed by atoms with Crippen LogP contribution in [0.3, 0.4) is 0 Å². The summed E-state index contributed by atoms with van der Waals surface area (Å²) in [7, 11) is 0. The molecule has 19 heavy (non-hydrogen) atoms. The van der Waals surface area contributed by atoms with Gasteiger partial charge in [0.1, 0.15) is 5.58 Å². The number of fused-ring (bicyclic) bond motifs is 4. The maximum atomic E-state index is 11.9. The number of aromatic nitrogens is 3. The SMILES string of the molecule is O=c1[nH][nH]c2nc3c(cc12)c(=O)oc1ccccc13. The first kappa shape index (κ1) is 10.1. The number of pyridine rings is 1. The summed E-state index contributed by atoms with van der Waals surface area (Å²) in [5.41, 5.74) is 0.619. The molecule has 3 aromatic heterocycles. The second-order valence-corrected chi connectivity index (χ2v) is 4.25. The van der Waals surface area contributed by atoms with Gasteiger partial charge < -0.3 is 4.42 Å². The van der Waals surface area contributed by atoms with Crippen LogP contribution in [0.4, 0.5) is 0 Å². The molecule has 0 saturated heterocycles. The summed E-state index contributed by atoms with van der Waals surface area (Å²) in [5, 5.41) is 6.51. The van der Waals surface area contributed by atoms with Crippen LogP contribution in [0.15, 0.2) is 44.3 Å². The fourth-order valence-electron chi connectivity index (χ4n) is 2.23. The van der Waals surface area contributed by atoms with Crippen LogP contribution < -0.4 is 11.2 Å². The second kappa shape index (κ2) is 3.32. The molecule has 4 rings (SSSR count). The summed E-state index contributed by atoms with van der Waals surface area (Å²) < 4.78 is 5.22.